The highest BCUT2D eigenvalue weighted by Gasteiger charge is 2.34. The number of carbonyl (C=O) groups excluding carboxylic acids is 1. The summed E-state index contributed by atoms with van der Waals surface area (Å²) in [5, 5.41) is 4.56. The van der Waals surface area contributed by atoms with Crippen molar-refractivity contribution in [3.8, 4) is 5.75 Å². The Hall–Kier alpha value is -1.30. The largest absolute Gasteiger partial charge is 0.494 e. The molecule has 0 aliphatic heterocycles. The van der Waals surface area contributed by atoms with Gasteiger partial charge in [0.05, 0.1) is 28.4 Å². The molecule has 144 valence electrons. The molecule has 0 saturated carbocycles. The highest BCUT2D eigenvalue weighted by Crippen LogP contribution is 2.36. The van der Waals surface area contributed by atoms with Crippen LogP contribution in [0.1, 0.15) is 15.9 Å². The number of nitrogens with one attached hydrogen (secondary N) is 2. The van der Waals surface area contributed by atoms with Crippen molar-refractivity contribution in [2.24, 2.45) is 0 Å². The standard InChI is InChI=1S/C16H10Cl2F3IN2O2S/c1-26-13-10(17)4-7(5-11(13)18)14(25)24-15(27)23-12-3-2-8(22)6-9(12)16(19,20)21/h2-6H,1H3,(H2,23,24,25,27). The Morgan fingerprint density at radius 3 is 2.30 bits per heavy atom. The number of methoxy groups -OCH3 is 1. The maximum Gasteiger partial charge on any atom is 0.418 e. The van der Waals surface area contributed by atoms with Crippen LogP contribution in [0.25, 0.3) is 0 Å². The van der Waals surface area contributed by atoms with E-state index in [-0.39, 0.29) is 32.2 Å². The number of hydrogen-bond donors (Lipinski definition) is 2. The molecule has 0 radical (unpaired) electrons. The smallest absolute Gasteiger partial charge is 0.418 e. The fourth-order valence-corrected chi connectivity index (χ4v) is 3.41. The molecule has 0 unspecified atom stereocenters. The van der Waals surface area contributed by atoms with Gasteiger partial charge < -0.3 is 10.1 Å². The van der Waals surface area contributed by atoms with Gasteiger partial charge in [-0.2, -0.15) is 13.2 Å². The highest BCUT2D eigenvalue weighted by atomic mass is 127. The van der Waals surface area contributed by atoms with E-state index in [1.54, 1.807) is 22.6 Å². The van der Waals surface area contributed by atoms with Crippen LogP contribution in [0.3, 0.4) is 0 Å². The number of carbonyl (C=O) groups is 1. The van der Waals surface area contributed by atoms with E-state index in [0.717, 1.165) is 6.07 Å². The lowest BCUT2D eigenvalue weighted by Crippen LogP contribution is -2.34. The molecule has 0 bridgehead atoms. The van der Waals surface area contributed by atoms with Gasteiger partial charge in [-0.05, 0) is 65.1 Å². The Morgan fingerprint density at radius 2 is 1.78 bits per heavy atom. The minimum Gasteiger partial charge on any atom is -0.494 e. The first-order valence-electron chi connectivity index (χ1n) is 7.05. The van der Waals surface area contributed by atoms with Gasteiger partial charge in [0.25, 0.3) is 5.91 Å². The summed E-state index contributed by atoms with van der Waals surface area (Å²) in [5.41, 5.74) is -1.12. The van der Waals surface area contributed by atoms with Crippen LogP contribution in [0.2, 0.25) is 10.0 Å². The van der Waals surface area contributed by atoms with Gasteiger partial charge in [-0.25, -0.2) is 0 Å². The van der Waals surface area contributed by atoms with E-state index in [4.69, 9.17) is 40.2 Å². The summed E-state index contributed by atoms with van der Waals surface area (Å²) in [6, 6.07) is 6.28. The second-order valence-corrected chi connectivity index (χ2v) is 7.54. The predicted octanol–water partition coefficient (Wildman–Crippen LogP) is 5.75. The molecule has 2 aromatic rings. The predicted molar refractivity (Wildman–Crippen MR) is 111 cm³/mol. The van der Waals surface area contributed by atoms with E-state index >= 15 is 0 Å². The van der Waals surface area contributed by atoms with Crippen molar-refractivity contribution in [1.82, 2.24) is 5.32 Å². The quantitative estimate of drug-likeness (QED) is 0.379. The second-order valence-electron chi connectivity index (χ2n) is 5.07. The molecule has 0 atom stereocenters. The fourth-order valence-electron chi connectivity index (χ4n) is 2.07. The third-order valence-corrected chi connectivity index (χ3v) is 4.66. The molecule has 2 N–H and O–H groups in total. The third-order valence-electron chi connectivity index (χ3n) is 3.23. The van der Waals surface area contributed by atoms with Crippen LogP contribution in [0.15, 0.2) is 30.3 Å². The summed E-state index contributed by atoms with van der Waals surface area (Å²) in [6.45, 7) is 0. The SMILES string of the molecule is COc1c(Cl)cc(C(=O)NC(=S)Nc2ccc(I)cc2C(F)(F)F)cc1Cl. The van der Waals surface area contributed by atoms with Crippen molar-refractivity contribution < 1.29 is 22.7 Å². The summed E-state index contributed by atoms with van der Waals surface area (Å²) in [7, 11) is 1.37. The number of halogens is 6. The van der Waals surface area contributed by atoms with Crippen LogP contribution in [-0.4, -0.2) is 18.1 Å². The normalized spacial score (nSPS) is 11.1. The maximum absolute atomic E-state index is 13.2. The Bertz CT molecular complexity index is 887. The van der Waals surface area contributed by atoms with E-state index in [2.05, 4.69) is 10.6 Å². The monoisotopic (exact) mass is 548 g/mol. The summed E-state index contributed by atoms with van der Waals surface area (Å²) < 4.78 is 44.8. The maximum atomic E-state index is 13.2. The summed E-state index contributed by atoms with van der Waals surface area (Å²) in [6.07, 6.45) is -4.58. The van der Waals surface area contributed by atoms with Crippen LogP contribution < -0.4 is 15.4 Å². The van der Waals surface area contributed by atoms with Crippen molar-refractivity contribution in [2.45, 2.75) is 6.18 Å². The number of hydrogen-bond acceptors (Lipinski definition) is 3. The minimum absolute atomic E-state index is 0.0635. The van der Waals surface area contributed by atoms with Crippen LogP contribution in [0.5, 0.6) is 5.75 Å². The molecule has 0 aromatic heterocycles. The van der Waals surface area contributed by atoms with Gasteiger partial charge in [0.1, 0.15) is 0 Å². The Balaban J connectivity index is 2.18. The van der Waals surface area contributed by atoms with E-state index in [0.29, 0.717) is 3.57 Å². The van der Waals surface area contributed by atoms with E-state index < -0.39 is 17.6 Å². The van der Waals surface area contributed by atoms with Gasteiger partial charge >= 0.3 is 6.18 Å². The lowest BCUT2D eigenvalue weighted by Gasteiger charge is -2.16. The van der Waals surface area contributed by atoms with Crippen molar-refractivity contribution in [1.29, 1.82) is 0 Å². The summed E-state index contributed by atoms with van der Waals surface area (Å²) in [5.74, 6) is -0.498. The molecule has 0 aliphatic carbocycles. The Labute approximate surface area is 181 Å². The first-order chi connectivity index (χ1) is 12.5. The zero-order valence-corrected chi connectivity index (χ0v) is 17.9. The zero-order valence-electron chi connectivity index (χ0n) is 13.4. The molecule has 11 heteroatoms. The molecular weight excluding hydrogens is 539 g/mol. The molecule has 0 saturated heterocycles. The molecule has 1 amide bonds. The van der Waals surface area contributed by atoms with Gasteiger partial charge in [-0.15, -0.1) is 0 Å². The third kappa shape index (κ3) is 5.59. The highest BCUT2D eigenvalue weighted by molar-refractivity contribution is 14.1. The Morgan fingerprint density at radius 1 is 1.19 bits per heavy atom. The molecule has 0 fully saturated rings. The molecule has 27 heavy (non-hydrogen) atoms. The summed E-state index contributed by atoms with van der Waals surface area (Å²) >= 11 is 18.6. The molecule has 0 heterocycles. The van der Waals surface area contributed by atoms with Gasteiger partial charge in [0.2, 0.25) is 0 Å². The lowest BCUT2D eigenvalue weighted by molar-refractivity contribution is -0.137. The van der Waals surface area contributed by atoms with E-state index in [1.807, 2.05) is 0 Å². The number of ether oxygens (including phenoxy) is 1. The van der Waals surface area contributed by atoms with Crippen LogP contribution in [0.4, 0.5) is 18.9 Å². The minimum atomic E-state index is -4.58. The number of amides is 1. The first-order valence-corrected chi connectivity index (χ1v) is 9.29. The lowest BCUT2D eigenvalue weighted by atomic mass is 10.1. The zero-order chi connectivity index (χ0) is 20.4. The molecular formula is C16H10Cl2F3IN2O2S. The Kier molecular flexibility index (Phi) is 7.17. The number of rotatable bonds is 3. The van der Waals surface area contributed by atoms with Crippen LogP contribution >= 0.6 is 58.0 Å². The van der Waals surface area contributed by atoms with E-state index in [1.165, 1.54) is 31.4 Å². The molecule has 2 aromatic carbocycles. The molecule has 2 rings (SSSR count). The van der Waals surface area contributed by atoms with Crippen molar-refractivity contribution in [2.75, 3.05) is 12.4 Å². The fraction of sp³-hybridized carbons (Fsp3) is 0.125. The number of anilines is 1. The van der Waals surface area contributed by atoms with Crippen LogP contribution in [0, 0.1) is 3.57 Å². The van der Waals surface area contributed by atoms with Gasteiger partial charge in [0.15, 0.2) is 10.9 Å². The van der Waals surface area contributed by atoms with Gasteiger partial charge in [-0.1, -0.05) is 23.2 Å². The number of thiocarbonyl (C=S) groups is 1. The number of alkyl halides is 3. The summed E-state index contributed by atoms with van der Waals surface area (Å²) in [4.78, 5) is 12.3. The molecule has 0 spiro atoms. The van der Waals surface area contributed by atoms with Crippen LogP contribution in [-0.2, 0) is 6.18 Å². The van der Waals surface area contributed by atoms with E-state index in [9.17, 15) is 18.0 Å². The van der Waals surface area contributed by atoms with Gasteiger partial charge in [-0.3, -0.25) is 10.1 Å². The average molecular weight is 549 g/mol. The molecule has 4 nitrogen and oxygen atoms in total. The first kappa shape index (κ1) is 22.0. The van der Waals surface area contributed by atoms with Crippen molar-refractivity contribution in [3.05, 3.63) is 55.1 Å². The average Bonchev–Trinajstić information content (AvgIpc) is 2.55. The van der Waals surface area contributed by atoms with Crippen molar-refractivity contribution >= 4 is 74.7 Å². The van der Waals surface area contributed by atoms with Crippen molar-refractivity contribution in [3.63, 3.8) is 0 Å². The second kappa shape index (κ2) is 8.80. The number of benzene rings is 2. The topological polar surface area (TPSA) is 50.4 Å². The van der Waals surface area contributed by atoms with Gasteiger partial charge in [0, 0.05) is 9.13 Å². The molecule has 0 aliphatic rings.